The van der Waals surface area contributed by atoms with Gasteiger partial charge in [0.15, 0.2) is 6.29 Å². The predicted molar refractivity (Wildman–Crippen MR) is 79.5 cm³/mol. The molecule has 0 aliphatic rings. The van der Waals surface area contributed by atoms with Gasteiger partial charge >= 0.3 is 0 Å². The van der Waals surface area contributed by atoms with E-state index in [2.05, 4.69) is 24.4 Å². The average molecular weight is 279 g/mol. The highest BCUT2D eigenvalue weighted by molar-refractivity contribution is 5.76. The van der Waals surface area contributed by atoms with E-state index in [4.69, 9.17) is 9.47 Å². The van der Waals surface area contributed by atoms with E-state index in [1.54, 1.807) is 0 Å². The quantitative estimate of drug-likeness (QED) is 0.706. The summed E-state index contributed by atoms with van der Waals surface area (Å²) < 4.78 is 10.7. The van der Waals surface area contributed by atoms with Gasteiger partial charge in [0.1, 0.15) is 0 Å². The minimum atomic E-state index is -0.354. The molecule has 1 amide bonds. The molecule has 0 radical (unpaired) electrons. The molecule has 0 bridgehead atoms. The normalized spacial score (nSPS) is 10.8. The van der Waals surface area contributed by atoms with Crippen LogP contribution in [0.25, 0.3) is 0 Å². The van der Waals surface area contributed by atoms with Crippen LogP contribution < -0.4 is 5.32 Å². The molecule has 0 spiro atoms. The summed E-state index contributed by atoms with van der Waals surface area (Å²) in [6.45, 7) is 7.41. The van der Waals surface area contributed by atoms with Crippen LogP contribution in [-0.4, -0.2) is 32.0 Å². The molecule has 1 aromatic carbocycles. The Hall–Kier alpha value is -1.39. The Morgan fingerprint density at radius 1 is 1.25 bits per heavy atom. The van der Waals surface area contributed by atoms with Crippen molar-refractivity contribution in [1.82, 2.24) is 5.32 Å². The molecule has 0 saturated heterocycles. The third-order valence-electron chi connectivity index (χ3n) is 2.89. The lowest BCUT2D eigenvalue weighted by molar-refractivity contribution is -0.140. The maximum atomic E-state index is 11.8. The molecule has 1 N–H and O–H groups in total. The molecular formula is C16H25NO3. The van der Waals surface area contributed by atoms with E-state index in [0.717, 1.165) is 6.42 Å². The van der Waals surface area contributed by atoms with Crippen molar-refractivity contribution in [2.75, 3.05) is 19.8 Å². The van der Waals surface area contributed by atoms with Gasteiger partial charge in [-0.2, -0.15) is 0 Å². The zero-order chi connectivity index (χ0) is 14.8. The second-order valence-electron chi connectivity index (χ2n) is 4.63. The Labute approximate surface area is 121 Å². The third kappa shape index (κ3) is 6.68. The smallest absolute Gasteiger partial charge is 0.220 e. The minimum absolute atomic E-state index is 0.0240. The molecule has 0 heterocycles. The van der Waals surface area contributed by atoms with E-state index in [1.807, 2.05) is 26.0 Å². The van der Waals surface area contributed by atoms with Crippen LogP contribution in [0.2, 0.25) is 0 Å². The summed E-state index contributed by atoms with van der Waals surface area (Å²) in [4.78, 5) is 11.8. The maximum absolute atomic E-state index is 11.8. The van der Waals surface area contributed by atoms with Crippen molar-refractivity contribution in [3.63, 3.8) is 0 Å². The minimum Gasteiger partial charge on any atom is -0.351 e. The molecule has 0 unspecified atom stereocenters. The summed E-state index contributed by atoms with van der Waals surface area (Å²) >= 11 is 0. The zero-order valence-electron chi connectivity index (χ0n) is 12.6. The van der Waals surface area contributed by atoms with E-state index in [-0.39, 0.29) is 12.2 Å². The number of carbonyl (C=O) groups is 1. The molecule has 20 heavy (non-hydrogen) atoms. The van der Waals surface area contributed by atoms with Crippen LogP contribution in [0.4, 0.5) is 0 Å². The summed E-state index contributed by atoms with van der Waals surface area (Å²) in [6.07, 6.45) is 0.878. The number of nitrogens with one attached hydrogen (secondary N) is 1. The first-order valence-corrected chi connectivity index (χ1v) is 7.21. The van der Waals surface area contributed by atoms with Gasteiger partial charge in [-0.15, -0.1) is 0 Å². The van der Waals surface area contributed by atoms with Crippen LogP contribution in [0, 0.1) is 6.92 Å². The fraction of sp³-hybridized carbons (Fsp3) is 0.562. The van der Waals surface area contributed by atoms with Crippen molar-refractivity contribution in [2.24, 2.45) is 0 Å². The molecule has 0 aliphatic heterocycles. The predicted octanol–water partition coefficient (Wildman–Crippen LogP) is 2.44. The van der Waals surface area contributed by atoms with E-state index < -0.39 is 0 Å². The number of hydrogen-bond acceptors (Lipinski definition) is 3. The van der Waals surface area contributed by atoms with Crippen LogP contribution in [0.1, 0.15) is 31.4 Å². The number of benzene rings is 1. The van der Waals surface area contributed by atoms with Gasteiger partial charge in [-0.25, -0.2) is 0 Å². The number of carbonyl (C=O) groups excluding carboxylic acids is 1. The Morgan fingerprint density at radius 3 is 2.55 bits per heavy atom. The molecular weight excluding hydrogens is 254 g/mol. The SMILES string of the molecule is CCOC(CNC(=O)CCc1cccc(C)c1)OCC. The van der Waals surface area contributed by atoms with Gasteiger partial charge in [-0.1, -0.05) is 29.8 Å². The summed E-state index contributed by atoms with van der Waals surface area (Å²) in [5.41, 5.74) is 2.40. The van der Waals surface area contributed by atoms with Crippen molar-refractivity contribution in [3.8, 4) is 0 Å². The first-order chi connectivity index (χ1) is 9.65. The first kappa shape index (κ1) is 16.7. The lowest BCUT2D eigenvalue weighted by atomic mass is 10.1. The summed E-state index contributed by atoms with van der Waals surface area (Å²) in [7, 11) is 0. The zero-order valence-corrected chi connectivity index (χ0v) is 12.6. The van der Waals surface area contributed by atoms with Crippen molar-refractivity contribution < 1.29 is 14.3 Å². The largest absolute Gasteiger partial charge is 0.351 e. The average Bonchev–Trinajstić information content (AvgIpc) is 2.43. The molecule has 0 aromatic heterocycles. The van der Waals surface area contributed by atoms with Gasteiger partial charge in [0.05, 0.1) is 6.54 Å². The molecule has 1 rings (SSSR count). The van der Waals surface area contributed by atoms with Gasteiger partial charge < -0.3 is 14.8 Å². The summed E-state index contributed by atoms with van der Waals surface area (Å²) in [5.74, 6) is 0.0240. The molecule has 0 fully saturated rings. The van der Waals surface area contributed by atoms with Gasteiger partial charge in [0.2, 0.25) is 5.91 Å². The Balaban J connectivity index is 2.29. The van der Waals surface area contributed by atoms with E-state index >= 15 is 0 Å². The second kappa shape index (κ2) is 9.50. The van der Waals surface area contributed by atoms with Crippen molar-refractivity contribution in [2.45, 2.75) is 39.9 Å². The Bertz CT molecular complexity index is 400. The third-order valence-corrected chi connectivity index (χ3v) is 2.89. The number of ether oxygens (including phenoxy) is 2. The van der Waals surface area contributed by atoms with Crippen LogP contribution in [-0.2, 0) is 20.7 Å². The Kier molecular flexibility index (Phi) is 7.92. The summed E-state index contributed by atoms with van der Waals surface area (Å²) in [5, 5.41) is 2.85. The Morgan fingerprint density at radius 2 is 1.95 bits per heavy atom. The molecule has 4 nitrogen and oxygen atoms in total. The second-order valence-corrected chi connectivity index (χ2v) is 4.63. The van der Waals surface area contributed by atoms with E-state index in [0.29, 0.717) is 26.2 Å². The van der Waals surface area contributed by atoms with Crippen molar-refractivity contribution >= 4 is 5.91 Å². The highest BCUT2D eigenvalue weighted by Gasteiger charge is 2.10. The lowest BCUT2D eigenvalue weighted by Crippen LogP contribution is -2.35. The highest BCUT2D eigenvalue weighted by atomic mass is 16.7. The van der Waals surface area contributed by atoms with Crippen LogP contribution >= 0.6 is 0 Å². The van der Waals surface area contributed by atoms with E-state index in [9.17, 15) is 4.79 Å². The number of hydrogen-bond donors (Lipinski definition) is 1. The molecule has 1 aromatic rings. The number of aryl methyl sites for hydroxylation is 2. The molecule has 0 saturated carbocycles. The van der Waals surface area contributed by atoms with Gasteiger partial charge in [0.25, 0.3) is 0 Å². The topological polar surface area (TPSA) is 47.6 Å². The highest BCUT2D eigenvalue weighted by Crippen LogP contribution is 2.06. The molecule has 0 aliphatic carbocycles. The van der Waals surface area contributed by atoms with Crippen LogP contribution in [0.3, 0.4) is 0 Å². The lowest BCUT2D eigenvalue weighted by Gasteiger charge is -2.17. The number of amides is 1. The summed E-state index contributed by atoms with van der Waals surface area (Å²) in [6, 6.07) is 8.22. The van der Waals surface area contributed by atoms with Gasteiger partial charge in [-0.05, 0) is 32.8 Å². The fourth-order valence-electron chi connectivity index (χ4n) is 1.95. The van der Waals surface area contributed by atoms with Crippen molar-refractivity contribution in [1.29, 1.82) is 0 Å². The van der Waals surface area contributed by atoms with Crippen LogP contribution in [0.5, 0.6) is 0 Å². The standard InChI is InChI=1S/C16H25NO3/c1-4-19-16(20-5-2)12-17-15(18)10-9-14-8-6-7-13(3)11-14/h6-8,11,16H,4-5,9-10,12H2,1-3H3,(H,17,18). The van der Waals surface area contributed by atoms with Crippen molar-refractivity contribution in [3.05, 3.63) is 35.4 Å². The monoisotopic (exact) mass is 279 g/mol. The maximum Gasteiger partial charge on any atom is 0.220 e. The number of rotatable bonds is 9. The molecule has 112 valence electrons. The van der Waals surface area contributed by atoms with Gasteiger partial charge in [0, 0.05) is 19.6 Å². The van der Waals surface area contributed by atoms with Crippen LogP contribution in [0.15, 0.2) is 24.3 Å². The molecule has 0 atom stereocenters. The molecule has 4 heteroatoms. The van der Waals surface area contributed by atoms with E-state index in [1.165, 1.54) is 11.1 Å². The first-order valence-electron chi connectivity index (χ1n) is 7.21. The van der Waals surface area contributed by atoms with Gasteiger partial charge in [-0.3, -0.25) is 4.79 Å². The fourth-order valence-corrected chi connectivity index (χ4v) is 1.95.